The predicted molar refractivity (Wildman–Crippen MR) is 83.8 cm³/mol. The largest absolute Gasteiger partial charge is 0.463 e. The van der Waals surface area contributed by atoms with E-state index in [1.807, 2.05) is 0 Å². The molecule has 0 aromatic heterocycles. The Balaban J connectivity index is 2.28. The van der Waals surface area contributed by atoms with Gasteiger partial charge in [0.15, 0.2) is 0 Å². The quantitative estimate of drug-likeness (QED) is 0.405. The fourth-order valence-electron chi connectivity index (χ4n) is 1.57. The first-order valence-corrected chi connectivity index (χ1v) is 8.61. The maximum Gasteiger partial charge on any atom is 0.331 e. The van der Waals surface area contributed by atoms with E-state index in [2.05, 4.69) is 9.46 Å². The van der Waals surface area contributed by atoms with E-state index in [9.17, 15) is 18.0 Å². The highest BCUT2D eigenvalue weighted by Crippen LogP contribution is 2.03. The molecule has 0 saturated heterocycles. The van der Waals surface area contributed by atoms with Gasteiger partial charge in [0.25, 0.3) is 0 Å². The van der Waals surface area contributed by atoms with Crippen LogP contribution in [0.3, 0.4) is 0 Å². The van der Waals surface area contributed by atoms with Crippen LogP contribution in [0.25, 0.3) is 0 Å². The van der Waals surface area contributed by atoms with Crippen LogP contribution in [0.15, 0.2) is 42.5 Å². The van der Waals surface area contributed by atoms with E-state index in [1.54, 1.807) is 37.3 Å². The number of hydrogen-bond donors (Lipinski definition) is 1. The molecule has 1 N–H and O–H groups in total. The van der Waals surface area contributed by atoms with Gasteiger partial charge in [-0.15, -0.1) is 0 Å². The molecule has 1 rings (SSSR count). The molecular formula is C15H19NO6S. The molecular weight excluding hydrogens is 322 g/mol. The topological polar surface area (TPSA) is 98.8 Å². The molecule has 8 heteroatoms. The fourth-order valence-corrected chi connectivity index (χ4v) is 2.70. The summed E-state index contributed by atoms with van der Waals surface area (Å²) in [7, 11) is -3.50. The van der Waals surface area contributed by atoms with Gasteiger partial charge in [0.05, 0.1) is 12.4 Å². The molecule has 0 aliphatic heterocycles. The van der Waals surface area contributed by atoms with Crippen molar-refractivity contribution in [2.45, 2.75) is 12.7 Å². The number of nitrogens with one attached hydrogen (secondary N) is 1. The van der Waals surface area contributed by atoms with Gasteiger partial charge in [0.2, 0.25) is 10.0 Å². The minimum atomic E-state index is -3.50. The van der Waals surface area contributed by atoms with Gasteiger partial charge in [0, 0.05) is 18.7 Å². The Morgan fingerprint density at radius 1 is 1.09 bits per heavy atom. The third-order valence-electron chi connectivity index (χ3n) is 2.51. The summed E-state index contributed by atoms with van der Waals surface area (Å²) in [6, 6.07) is 8.72. The van der Waals surface area contributed by atoms with E-state index in [0.717, 1.165) is 12.2 Å². The SMILES string of the molecule is CCOC(=O)/C=C/C(=O)OCCNS(=O)(=O)Cc1ccccc1. The van der Waals surface area contributed by atoms with Gasteiger partial charge >= 0.3 is 11.9 Å². The Morgan fingerprint density at radius 2 is 1.70 bits per heavy atom. The first-order valence-electron chi connectivity index (χ1n) is 6.96. The van der Waals surface area contributed by atoms with Gasteiger partial charge in [-0.2, -0.15) is 0 Å². The molecule has 0 radical (unpaired) electrons. The monoisotopic (exact) mass is 341 g/mol. The molecule has 1 aromatic rings. The standard InChI is InChI=1S/C15H19NO6S/c1-2-21-14(17)8-9-15(18)22-11-10-16-23(19,20)12-13-6-4-3-5-7-13/h3-9,16H,2,10-12H2,1H3/b9-8+. The predicted octanol–water partition coefficient (Wildman–Crippen LogP) is 0.769. The molecule has 0 fully saturated rings. The first-order chi connectivity index (χ1) is 10.9. The van der Waals surface area contributed by atoms with E-state index in [0.29, 0.717) is 5.56 Å². The first kappa shape index (κ1) is 18.9. The lowest BCUT2D eigenvalue weighted by Crippen LogP contribution is -2.29. The number of carbonyl (C=O) groups excluding carboxylic acids is 2. The van der Waals surface area contributed by atoms with Crippen LogP contribution in [-0.4, -0.2) is 40.1 Å². The van der Waals surface area contributed by atoms with E-state index >= 15 is 0 Å². The lowest BCUT2D eigenvalue weighted by Gasteiger charge is -2.07. The van der Waals surface area contributed by atoms with E-state index < -0.39 is 22.0 Å². The highest BCUT2D eigenvalue weighted by molar-refractivity contribution is 7.88. The van der Waals surface area contributed by atoms with E-state index in [4.69, 9.17) is 4.74 Å². The molecule has 0 atom stereocenters. The number of ether oxygens (including phenoxy) is 2. The molecule has 0 aliphatic carbocycles. The van der Waals surface area contributed by atoms with Crippen LogP contribution in [0.2, 0.25) is 0 Å². The Kier molecular flexibility index (Phi) is 8.00. The number of carbonyl (C=O) groups is 2. The second-order valence-electron chi connectivity index (χ2n) is 4.39. The van der Waals surface area contributed by atoms with Gasteiger partial charge in [-0.25, -0.2) is 22.7 Å². The van der Waals surface area contributed by atoms with Crippen LogP contribution >= 0.6 is 0 Å². The van der Waals surface area contributed by atoms with Crippen molar-refractivity contribution >= 4 is 22.0 Å². The van der Waals surface area contributed by atoms with E-state index in [1.165, 1.54) is 0 Å². The molecule has 126 valence electrons. The summed E-state index contributed by atoms with van der Waals surface area (Å²) in [4.78, 5) is 22.2. The van der Waals surface area contributed by atoms with Crippen LogP contribution < -0.4 is 4.72 Å². The van der Waals surface area contributed by atoms with E-state index in [-0.39, 0.29) is 25.5 Å². The van der Waals surface area contributed by atoms with Crippen molar-refractivity contribution in [2.75, 3.05) is 19.8 Å². The summed E-state index contributed by atoms with van der Waals surface area (Å²) in [5, 5.41) is 0. The summed E-state index contributed by atoms with van der Waals surface area (Å²) in [6.07, 6.45) is 1.88. The van der Waals surface area contributed by atoms with Crippen molar-refractivity contribution in [3.63, 3.8) is 0 Å². The second kappa shape index (κ2) is 9.75. The second-order valence-corrected chi connectivity index (χ2v) is 6.20. The van der Waals surface area contributed by atoms with Crippen molar-refractivity contribution in [1.82, 2.24) is 4.72 Å². The Labute approximate surface area is 135 Å². The molecule has 23 heavy (non-hydrogen) atoms. The van der Waals surface area contributed by atoms with Crippen LogP contribution in [0.1, 0.15) is 12.5 Å². The fraction of sp³-hybridized carbons (Fsp3) is 0.333. The van der Waals surface area contributed by atoms with Gasteiger partial charge in [-0.05, 0) is 12.5 Å². The maximum atomic E-state index is 11.8. The number of hydrogen-bond acceptors (Lipinski definition) is 6. The van der Waals surface area contributed by atoms with Crippen molar-refractivity contribution in [3.05, 3.63) is 48.0 Å². The van der Waals surface area contributed by atoms with Crippen molar-refractivity contribution < 1.29 is 27.5 Å². The van der Waals surface area contributed by atoms with Crippen molar-refractivity contribution in [2.24, 2.45) is 0 Å². The third kappa shape index (κ3) is 8.74. The normalized spacial score (nSPS) is 11.3. The van der Waals surface area contributed by atoms with Crippen LogP contribution in [0.4, 0.5) is 0 Å². The van der Waals surface area contributed by atoms with Crippen molar-refractivity contribution in [1.29, 1.82) is 0 Å². The van der Waals surface area contributed by atoms with Crippen LogP contribution in [0, 0.1) is 0 Å². The highest BCUT2D eigenvalue weighted by atomic mass is 32.2. The maximum absolute atomic E-state index is 11.8. The molecule has 0 unspecified atom stereocenters. The summed E-state index contributed by atoms with van der Waals surface area (Å²) in [5.41, 5.74) is 0.661. The minimum absolute atomic E-state index is 0.0475. The molecule has 0 spiro atoms. The number of rotatable bonds is 9. The Hall–Kier alpha value is -2.19. The zero-order chi connectivity index (χ0) is 17.1. The van der Waals surface area contributed by atoms with Crippen LogP contribution in [-0.2, 0) is 34.8 Å². The lowest BCUT2D eigenvalue weighted by molar-refractivity contribution is -0.140. The summed E-state index contributed by atoms with van der Waals surface area (Å²) in [6.45, 7) is 1.67. The lowest BCUT2D eigenvalue weighted by atomic mass is 10.2. The van der Waals surface area contributed by atoms with Crippen LogP contribution in [0.5, 0.6) is 0 Å². The summed E-state index contributed by atoms with van der Waals surface area (Å²) in [5.74, 6) is -1.54. The summed E-state index contributed by atoms with van der Waals surface area (Å²) < 4.78 is 35.3. The number of benzene rings is 1. The molecule has 0 saturated carbocycles. The molecule has 0 heterocycles. The van der Waals surface area contributed by atoms with Gasteiger partial charge in [-0.3, -0.25) is 0 Å². The average Bonchev–Trinajstić information content (AvgIpc) is 2.50. The molecule has 0 aliphatic rings. The molecule has 0 amide bonds. The Morgan fingerprint density at radius 3 is 2.30 bits per heavy atom. The van der Waals surface area contributed by atoms with Gasteiger partial charge in [-0.1, -0.05) is 30.3 Å². The van der Waals surface area contributed by atoms with Crippen molar-refractivity contribution in [3.8, 4) is 0 Å². The average molecular weight is 341 g/mol. The Bertz CT molecular complexity index is 639. The third-order valence-corrected chi connectivity index (χ3v) is 3.87. The highest BCUT2D eigenvalue weighted by Gasteiger charge is 2.10. The smallest absolute Gasteiger partial charge is 0.331 e. The molecule has 0 bridgehead atoms. The molecule has 7 nitrogen and oxygen atoms in total. The zero-order valence-electron chi connectivity index (χ0n) is 12.7. The van der Waals surface area contributed by atoms with Gasteiger partial charge < -0.3 is 9.47 Å². The van der Waals surface area contributed by atoms with Gasteiger partial charge in [0.1, 0.15) is 6.61 Å². The number of sulfonamides is 1. The summed E-state index contributed by atoms with van der Waals surface area (Å²) >= 11 is 0. The minimum Gasteiger partial charge on any atom is -0.463 e. The zero-order valence-corrected chi connectivity index (χ0v) is 13.5. The molecule has 1 aromatic carbocycles. The number of esters is 2.